The Morgan fingerprint density at radius 2 is 1.60 bits per heavy atom. The van der Waals surface area contributed by atoms with Crippen LogP contribution in [0.4, 0.5) is 21.8 Å². The maximum atomic E-state index is 13.1. The molecule has 1 heterocycles. The summed E-state index contributed by atoms with van der Waals surface area (Å²) in [5, 5.41) is 15.4. The van der Waals surface area contributed by atoms with E-state index in [2.05, 4.69) is 26.7 Å². The maximum Gasteiger partial charge on any atom is 0.225 e. The van der Waals surface area contributed by atoms with Crippen LogP contribution in [-0.2, 0) is 6.54 Å². The van der Waals surface area contributed by atoms with Gasteiger partial charge in [-0.3, -0.25) is 0 Å². The van der Waals surface area contributed by atoms with Crippen LogP contribution in [0.2, 0.25) is 0 Å². The molecule has 146 valence electrons. The molecular weight excluding hydrogens is 377 g/mol. The van der Waals surface area contributed by atoms with E-state index in [0.29, 0.717) is 23.9 Å². The van der Waals surface area contributed by atoms with E-state index in [1.807, 2.05) is 48.5 Å². The summed E-state index contributed by atoms with van der Waals surface area (Å²) in [5.74, 6) is 0.807. The fourth-order valence-electron chi connectivity index (χ4n) is 2.91. The molecule has 0 bridgehead atoms. The quantitative estimate of drug-likeness (QED) is 0.450. The Morgan fingerprint density at radius 1 is 0.867 bits per heavy atom. The van der Waals surface area contributed by atoms with Crippen molar-refractivity contribution in [1.82, 2.24) is 9.97 Å². The van der Waals surface area contributed by atoms with Gasteiger partial charge in [0.1, 0.15) is 11.6 Å². The lowest BCUT2D eigenvalue weighted by atomic mass is 10.1. The fraction of sp³-hybridized carbons (Fsp3) is 0.0417. The monoisotopic (exact) mass is 395 g/mol. The molecule has 0 atom stereocenters. The van der Waals surface area contributed by atoms with Crippen LogP contribution in [0, 0.1) is 17.1 Å². The van der Waals surface area contributed by atoms with Gasteiger partial charge in [0.15, 0.2) is 0 Å². The fourth-order valence-corrected chi connectivity index (χ4v) is 2.91. The molecule has 0 spiro atoms. The summed E-state index contributed by atoms with van der Waals surface area (Å²) in [6.07, 6.45) is 0. The van der Waals surface area contributed by atoms with Crippen molar-refractivity contribution in [1.29, 1.82) is 5.26 Å². The first-order valence-electron chi connectivity index (χ1n) is 9.39. The molecule has 0 fully saturated rings. The molecule has 0 unspecified atom stereocenters. The van der Waals surface area contributed by atoms with E-state index < -0.39 is 0 Å². The summed E-state index contributed by atoms with van der Waals surface area (Å²) in [6.45, 7) is 0.467. The summed E-state index contributed by atoms with van der Waals surface area (Å²) < 4.78 is 13.1. The second kappa shape index (κ2) is 8.84. The number of hydrogen-bond donors (Lipinski definition) is 2. The third-order valence-electron chi connectivity index (χ3n) is 4.45. The van der Waals surface area contributed by atoms with Crippen molar-refractivity contribution in [2.24, 2.45) is 0 Å². The summed E-state index contributed by atoms with van der Waals surface area (Å²) >= 11 is 0. The van der Waals surface area contributed by atoms with Crippen LogP contribution in [0.15, 0.2) is 84.9 Å². The Bertz CT molecular complexity index is 1170. The number of nitrogens with zero attached hydrogens (tertiary/aromatic N) is 3. The van der Waals surface area contributed by atoms with Crippen LogP contribution in [0.3, 0.4) is 0 Å². The topological polar surface area (TPSA) is 73.6 Å². The Kier molecular flexibility index (Phi) is 5.63. The number of halogens is 1. The molecule has 0 amide bonds. The summed E-state index contributed by atoms with van der Waals surface area (Å²) in [7, 11) is 0. The van der Waals surface area contributed by atoms with Crippen molar-refractivity contribution in [3.8, 4) is 17.3 Å². The van der Waals surface area contributed by atoms with Gasteiger partial charge in [-0.1, -0.05) is 42.5 Å². The van der Waals surface area contributed by atoms with Crippen LogP contribution in [0.5, 0.6) is 0 Å². The van der Waals surface area contributed by atoms with Crippen molar-refractivity contribution >= 4 is 17.5 Å². The molecule has 5 nitrogen and oxygen atoms in total. The van der Waals surface area contributed by atoms with Gasteiger partial charge in [-0.2, -0.15) is 10.2 Å². The van der Waals surface area contributed by atoms with Gasteiger partial charge in [0.2, 0.25) is 5.95 Å². The minimum absolute atomic E-state index is 0.269. The van der Waals surface area contributed by atoms with Crippen molar-refractivity contribution in [3.05, 3.63) is 102 Å². The standard InChI is InChI=1S/C24H18FN5/c25-20-10-6-18(7-11-20)16-27-24-29-22(19-4-2-1-3-5-19)14-23(30-24)28-21-12-8-17(15-26)9-13-21/h1-14H,16H2,(H2,27,28,29,30). The lowest BCUT2D eigenvalue weighted by Crippen LogP contribution is -2.06. The highest BCUT2D eigenvalue weighted by Gasteiger charge is 2.08. The van der Waals surface area contributed by atoms with Crippen LogP contribution in [-0.4, -0.2) is 9.97 Å². The van der Waals surface area contributed by atoms with E-state index in [1.165, 1.54) is 12.1 Å². The van der Waals surface area contributed by atoms with Gasteiger partial charge in [0.25, 0.3) is 0 Å². The van der Waals surface area contributed by atoms with Gasteiger partial charge in [0, 0.05) is 23.9 Å². The summed E-state index contributed by atoms with van der Waals surface area (Å²) in [6, 6.07) is 27.3. The third-order valence-corrected chi connectivity index (χ3v) is 4.45. The minimum atomic E-state index is -0.269. The number of nitriles is 1. The second-order valence-corrected chi connectivity index (χ2v) is 6.62. The number of aromatic nitrogens is 2. The zero-order valence-electron chi connectivity index (χ0n) is 16.0. The van der Waals surface area contributed by atoms with E-state index in [9.17, 15) is 4.39 Å². The molecule has 0 aliphatic rings. The number of hydrogen-bond acceptors (Lipinski definition) is 5. The van der Waals surface area contributed by atoms with Crippen molar-refractivity contribution in [2.75, 3.05) is 10.6 Å². The van der Waals surface area contributed by atoms with E-state index in [-0.39, 0.29) is 5.82 Å². The highest BCUT2D eigenvalue weighted by Crippen LogP contribution is 2.24. The number of rotatable bonds is 6. The molecule has 1 aromatic heterocycles. The number of benzene rings is 3. The molecule has 0 aliphatic heterocycles. The molecule has 4 rings (SSSR count). The van der Waals surface area contributed by atoms with E-state index >= 15 is 0 Å². The summed E-state index contributed by atoms with van der Waals surface area (Å²) in [4.78, 5) is 9.18. The van der Waals surface area contributed by atoms with Gasteiger partial charge >= 0.3 is 0 Å². The normalized spacial score (nSPS) is 10.3. The first kappa shape index (κ1) is 19.1. The number of nitrogens with one attached hydrogen (secondary N) is 2. The van der Waals surface area contributed by atoms with E-state index in [4.69, 9.17) is 5.26 Å². The van der Waals surface area contributed by atoms with Crippen LogP contribution >= 0.6 is 0 Å². The Morgan fingerprint density at radius 3 is 2.30 bits per heavy atom. The smallest absolute Gasteiger partial charge is 0.225 e. The molecule has 4 aromatic rings. The molecule has 2 N–H and O–H groups in total. The van der Waals surface area contributed by atoms with Gasteiger partial charge in [-0.15, -0.1) is 0 Å². The largest absolute Gasteiger partial charge is 0.350 e. The highest BCUT2D eigenvalue weighted by atomic mass is 19.1. The second-order valence-electron chi connectivity index (χ2n) is 6.62. The Hall–Kier alpha value is -4.24. The molecule has 0 saturated heterocycles. The first-order valence-corrected chi connectivity index (χ1v) is 9.39. The van der Waals surface area contributed by atoms with Gasteiger partial charge in [-0.25, -0.2) is 9.37 Å². The lowest BCUT2D eigenvalue weighted by Gasteiger charge is -2.12. The van der Waals surface area contributed by atoms with Gasteiger partial charge in [-0.05, 0) is 42.0 Å². The molecule has 0 saturated carbocycles. The van der Waals surface area contributed by atoms with Crippen LogP contribution in [0.1, 0.15) is 11.1 Å². The Balaban J connectivity index is 1.61. The Labute approximate surface area is 173 Å². The summed E-state index contributed by atoms with van der Waals surface area (Å²) in [5.41, 5.74) is 4.06. The van der Waals surface area contributed by atoms with Crippen LogP contribution < -0.4 is 10.6 Å². The molecule has 30 heavy (non-hydrogen) atoms. The third kappa shape index (κ3) is 4.78. The average molecular weight is 395 g/mol. The molecule has 6 heteroatoms. The number of anilines is 3. The van der Waals surface area contributed by atoms with Crippen molar-refractivity contribution < 1.29 is 4.39 Å². The van der Waals surface area contributed by atoms with E-state index in [1.54, 1.807) is 24.3 Å². The van der Waals surface area contributed by atoms with Gasteiger partial charge in [0.05, 0.1) is 17.3 Å². The predicted octanol–water partition coefficient (Wildman–Crippen LogP) is 5.51. The molecule has 3 aromatic carbocycles. The maximum absolute atomic E-state index is 13.1. The van der Waals surface area contributed by atoms with Crippen molar-refractivity contribution in [3.63, 3.8) is 0 Å². The van der Waals surface area contributed by atoms with Gasteiger partial charge < -0.3 is 10.6 Å². The lowest BCUT2D eigenvalue weighted by molar-refractivity contribution is 0.627. The SMILES string of the molecule is N#Cc1ccc(Nc2cc(-c3ccccc3)nc(NCc3ccc(F)cc3)n2)cc1. The zero-order valence-corrected chi connectivity index (χ0v) is 16.0. The first-order chi connectivity index (χ1) is 14.7. The predicted molar refractivity (Wildman–Crippen MR) is 116 cm³/mol. The van der Waals surface area contributed by atoms with Crippen molar-refractivity contribution in [2.45, 2.75) is 6.54 Å². The van der Waals surface area contributed by atoms with Crippen LogP contribution in [0.25, 0.3) is 11.3 Å². The zero-order chi connectivity index (χ0) is 20.8. The molecule has 0 aliphatic carbocycles. The molecular formula is C24H18FN5. The van der Waals surface area contributed by atoms with E-state index in [0.717, 1.165) is 22.5 Å². The highest BCUT2D eigenvalue weighted by molar-refractivity contribution is 5.67. The average Bonchev–Trinajstić information content (AvgIpc) is 2.80. The minimum Gasteiger partial charge on any atom is -0.350 e. The molecule has 0 radical (unpaired) electrons.